The van der Waals surface area contributed by atoms with Gasteiger partial charge in [-0.15, -0.1) is 0 Å². The lowest BCUT2D eigenvalue weighted by atomic mass is 10.2. The van der Waals surface area contributed by atoms with Crippen molar-refractivity contribution in [3.63, 3.8) is 0 Å². The Morgan fingerprint density at radius 3 is 2.11 bits per heavy atom. The second kappa shape index (κ2) is 6.17. The van der Waals surface area contributed by atoms with Gasteiger partial charge in [0.1, 0.15) is 0 Å². The van der Waals surface area contributed by atoms with Gasteiger partial charge >= 0.3 is 10.3 Å². The zero-order chi connectivity index (χ0) is 13.8. The van der Waals surface area contributed by atoms with E-state index in [9.17, 15) is 13.0 Å². The maximum atomic E-state index is 11.4. The second-order valence-electron chi connectivity index (χ2n) is 4.54. The average Bonchev–Trinajstić information content (AvgIpc) is 2.24. The van der Waals surface area contributed by atoms with E-state index >= 15 is 0 Å². The van der Waals surface area contributed by atoms with Gasteiger partial charge in [0.25, 0.3) is 0 Å². The third-order valence-electron chi connectivity index (χ3n) is 2.57. The minimum atomic E-state index is -4.21. The molecule has 5 nitrogen and oxygen atoms in total. The molecular weight excluding hydrogens is 252 g/mol. The predicted octanol–water partition coefficient (Wildman–Crippen LogP) is 1.56. The SMILES string of the molecule is Cc1ccc(N(CCCN(C)C)S(=O)(=O)O)cc1. The fourth-order valence-corrected chi connectivity index (χ4v) is 2.37. The maximum absolute atomic E-state index is 11.4. The molecule has 0 amide bonds. The van der Waals surface area contributed by atoms with Crippen molar-refractivity contribution in [1.82, 2.24) is 4.90 Å². The van der Waals surface area contributed by atoms with Crippen LogP contribution in [0.5, 0.6) is 0 Å². The van der Waals surface area contributed by atoms with Gasteiger partial charge in [0.05, 0.1) is 5.69 Å². The Morgan fingerprint density at radius 1 is 1.11 bits per heavy atom. The number of hydrogen-bond donors (Lipinski definition) is 1. The first-order valence-corrected chi connectivity index (χ1v) is 7.17. The number of aryl methyl sites for hydroxylation is 1. The van der Waals surface area contributed by atoms with Gasteiger partial charge in [0.15, 0.2) is 0 Å². The van der Waals surface area contributed by atoms with Crippen molar-refractivity contribution >= 4 is 16.0 Å². The Morgan fingerprint density at radius 2 is 1.67 bits per heavy atom. The summed E-state index contributed by atoms with van der Waals surface area (Å²) in [6.07, 6.45) is 0.653. The highest BCUT2D eigenvalue weighted by Gasteiger charge is 2.18. The lowest BCUT2D eigenvalue weighted by molar-refractivity contribution is 0.401. The van der Waals surface area contributed by atoms with E-state index in [0.29, 0.717) is 12.1 Å². The molecule has 0 unspecified atom stereocenters. The Labute approximate surface area is 109 Å². The quantitative estimate of drug-likeness (QED) is 0.798. The monoisotopic (exact) mass is 272 g/mol. The topological polar surface area (TPSA) is 60.9 Å². The molecular formula is C12H20N2O3S. The molecule has 0 saturated carbocycles. The van der Waals surface area contributed by atoms with Crippen molar-refractivity contribution in [3.8, 4) is 0 Å². The van der Waals surface area contributed by atoms with Crippen LogP contribution in [-0.2, 0) is 10.3 Å². The molecule has 18 heavy (non-hydrogen) atoms. The molecule has 0 aliphatic rings. The van der Waals surface area contributed by atoms with Crippen LogP contribution in [0.3, 0.4) is 0 Å². The molecule has 102 valence electrons. The molecule has 1 aromatic carbocycles. The number of rotatable bonds is 6. The van der Waals surface area contributed by atoms with E-state index in [1.807, 2.05) is 38.1 Å². The number of benzene rings is 1. The van der Waals surface area contributed by atoms with Crippen LogP contribution in [-0.4, -0.2) is 45.1 Å². The highest BCUT2D eigenvalue weighted by Crippen LogP contribution is 2.18. The average molecular weight is 272 g/mol. The third kappa shape index (κ3) is 4.64. The van der Waals surface area contributed by atoms with Crippen LogP contribution in [0.4, 0.5) is 5.69 Å². The van der Waals surface area contributed by atoms with Gasteiger partial charge in [-0.2, -0.15) is 8.42 Å². The summed E-state index contributed by atoms with van der Waals surface area (Å²) in [5, 5.41) is 0. The van der Waals surface area contributed by atoms with Crippen molar-refractivity contribution in [1.29, 1.82) is 0 Å². The van der Waals surface area contributed by atoms with Crippen LogP contribution in [0.1, 0.15) is 12.0 Å². The predicted molar refractivity (Wildman–Crippen MR) is 73.2 cm³/mol. The molecule has 0 fully saturated rings. The molecule has 0 aliphatic heterocycles. The lowest BCUT2D eigenvalue weighted by Crippen LogP contribution is -2.32. The molecule has 0 atom stereocenters. The summed E-state index contributed by atoms with van der Waals surface area (Å²) in [4.78, 5) is 1.97. The minimum Gasteiger partial charge on any atom is -0.309 e. The third-order valence-corrected chi connectivity index (χ3v) is 3.52. The van der Waals surface area contributed by atoms with E-state index < -0.39 is 10.3 Å². The van der Waals surface area contributed by atoms with Gasteiger partial charge in [0.2, 0.25) is 0 Å². The molecule has 0 radical (unpaired) electrons. The van der Waals surface area contributed by atoms with Gasteiger partial charge in [-0.05, 0) is 46.1 Å². The molecule has 0 heterocycles. The van der Waals surface area contributed by atoms with Gasteiger partial charge in [-0.25, -0.2) is 4.31 Å². The summed E-state index contributed by atoms with van der Waals surface area (Å²) in [6, 6.07) is 7.02. The summed E-state index contributed by atoms with van der Waals surface area (Å²) in [5.41, 5.74) is 1.53. The van der Waals surface area contributed by atoms with E-state index in [4.69, 9.17) is 0 Å². The summed E-state index contributed by atoms with van der Waals surface area (Å²) in [7, 11) is -0.373. The molecule has 0 spiro atoms. The molecule has 6 heteroatoms. The van der Waals surface area contributed by atoms with E-state index in [-0.39, 0.29) is 6.54 Å². The Balaban J connectivity index is 2.83. The van der Waals surface area contributed by atoms with Gasteiger partial charge < -0.3 is 4.90 Å². The first-order valence-electron chi connectivity index (χ1n) is 5.77. The summed E-state index contributed by atoms with van der Waals surface area (Å²) < 4.78 is 33.0. The van der Waals surface area contributed by atoms with Crippen molar-refractivity contribution in [2.45, 2.75) is 13.3 Å². The zero-order valence-corrected chi connectivity index (χ0v) is 11.8. The van der Waals surface area contributed by atoms with Crippen molar-refractivity contribution in [2.75, 3.05) is 31.5 Å². The highest BCUT2D eigenvalue weighted by atomic mass is 32.2. The second-order valence-corrected chi connectivity index (χ2v) is 5.88. The van der Waals surface area contributed by atoms with E-state index in [2.05, 4.69) is 0 Å². The summed E-state index contributed by atoms with van der Waals surface area (Å²) in [6.45, 7) is 2.95. The van der Waals surface area contributed by atoms with Crippen molar-refractivity contribution in [3.05, 3.63) is 29.8 Å². The van der Waals surface area contributed by atoms with Gasteiger partial charge in [0, 0.05) is 6.54 Å². The number of anilines is 1. The fourth-order valence-electron chi connectivity index (χ4n) is 1.62. The summed E-state index contributed by atoms with van der Waals surface area (Å²) >= 11 is 0. The maximum Gasteiger partial charge on any atom is 0.359 e. The molecule has 0 aromatic heterocycles. The first kappa shape index (κ1) is 14.9. The smallest absolute Gasteiger partial charge is 0.309 e. The van der Waals surface area contributed by atoms with E-state index in [1.54, 1.807) is 12.1 Å². The molecule has 0 saturated heterocycles. The lowest BCUT2D eigenvalue weighted by Gasteiger charge is -2.21. The normalized spacial score (nSPS) is 11.8. The Kier molecular flexibility index (Phi) is 5.13. The fraction of sp³-hybridized carbons (Fsp3) is 0.500. The van der Waals surface area contributed by atoms with Crippen molar-refractivity contribution in [2.24, 2.45) is 0 Å². The van der Waals surface area contributed by atoms with E-state index in [1.165, 1.54) is 0 Å². The summed E-state index contributed by atoms with van der Waals surface area (Å²) in [5.74, 6) is 0. The molecule has 0 aliphatic carbocycles. The molecule has 0 bridgehead atoms. The van der Waals surface area contributed by atoms with E-state index in [0.717, 1.165) is 16.4 Å². The van der Waals surface area contributed by atoms with Crippen LogP contribution >= 0.6 is 0 Å². The van der Waals surface area contributed by atoms with Gasteiger partial charge in [-0.1, -0.05) is 17.7 Å². The van der Waals surface area contributed by atoms with Crippen LogP contribution in [0, 0.1) is 6.92 Å². The largest absolute Gasteiger partial charge is 0.359 e. The minimum absolute atomic E-state index is 0.264. The molecule has 1 aromatic rings. The van der Waals surface area contributed by atoms with Crippen LogP contribution in [0.25, 0.3) is 0 Å². The van der Waals surface area contributed by atoms with Crippen LogP contribution in [0.15, 0.2) is 24.3 Å². The highest BCUT2D eigenvalue weighted by molar-refractivity contribution is 7.87. The van der Waals surface area contributed by atoms with Crippen LogP contribution < -0.4 is 4.31 Å². The first-order chi connectivity index (χ1) is 8.30. The zero-order valence-electron chi connectivity index (χ0n) is 11.0. The Hall–Kier alpha value is -1.11. The molecule has 1 N–H and O–H groups in total. The molecule has 1 rings (SSSR count). The van der Waals surface area contributed by atoms with Crippen molar-refractivity contribution < 1.29 is 13.0 Å². The Bertz CT molecular complexity index is 469. The van der Waals surface area contributed by atoms with Crippen LogP contribution in [0.2, 0.25) is 0 Å². The number of hydrogen-bond acceptors (Lipinski definition) is 3. The number of nitrogens with zero attached hydrogens (tertiary/aromatic N) is 2. The standard InChI is InChI=1S/C12H20N2O3S/c1-11-5-7-12(8-6-11)14(18(15,16)17)10-4-9-13(2)3/h5-8H,4,9-10H2,1-3H3,(H,15,16,17). The van der Waals surface area contributed by atoms with Gasteiger partial charge in [-0.3, -0.25) is 4.55 Å².